The number of thioether (sulfide) groups is 1. The molecule has 3 atom stereocenters. The van der Waals surface area contributed by atoms with E-state index >= 15 is 0 Å². The maximum Gasteiger partial charge on any atom is 0.0831 e. The van der Waals surface area contributed by atoms with Crippen LogP contribution in [0.25, 0.3) is 0 Å². The minimum Gasteiger partial charge on any atom is -0.391 e. The zero-order valence-electron chi connectivity index (χ0n) is 13.3. The lowest BCUT2D eigenvalue weighted by Gasteiger charge is -2.41. The summed E-state index contributed by atoms with van der Waals surface area (Å²) in [6, 6.07) is 9.11. The molecular formula is C18H26N2OS. The Bertz CT molecular complexity index is 530. The van der Waals surface area contributed by atoms with Crippen LogP contribution in [0.1, 0.15) is 32.1 Å². The summed E-state index contributed by atoms with van der Waals surface area (Å²) >= 11 is 2.04. The number of aliphatic hydroxyl groups excluding tert-OH is 1. The Labute approximate surface area is 137 Å². The van der Waals surface area contributed by atoms with Crippen LogP contribution in [0.2, 0.25) is 0 Å². The molecule has 2 aliphatic heterocycles. The number of hydrogen-bond donors (Lipinski definition) is 1. The third-order valence-corrected chi connectivity index (χ3v) is 7.09. The maximum absolute atomic E-state index is 10.5. The van der Waals surface area contributed by atoms with Crippen molar-refractivity contribution in [1.29, 1.82) is 0 Å². The molecular weight excluding hydrogens is 292 g/mol. The Morgan fingerprint density at radius 1 is 1.09 bits per heavy atom. The highest BCUT2D eigenvalue weighted by molar-refractivity contribution is 8.00. The standard InChI is InChI=1S/C18H26N2OS/c1-19-11-9-13(10-12-19)18-20(14-6-4-7-16(14)21)15-5-2-3-8-17(15)22-18/h2-3,5,8,13-14,16,18,21H,4,6-7,9-12H2,1H3/t14-,16-,18?/m1/s1. The molecule has 1 aromatic rings. The monoisotopic (exact) mass is 318 g/mol. The van der Waals surface area contributed by atoms with Gasteiger partial charge in [0, 0.05) is 4.90 Å². The molecule has 3 aliphatic rings. The van der Waals surface area contributed by atoms with Gasteiger partial charge in [0.1, 0.15) is 0 Å². The number of anilines is 1. The molecule has 4 rings (SSSR count). The molecule has 0 aromatic heterocycles. The summed E-state index contributed by atoms with van der Waals surface area (Å²) in [5.74, 6) is 0.737. The lowest BCUT2D eigenvalue weighted by atomic mass is 9.95. The van der Waals surface area contributed by atoms with Crippen LogP contribution >= 0.6 is 11.8 Å². The van der Waals surface area contributed by atoms with Crippen molar-refractivity contribution in [2.45, 2.75) is 54.5 Å². The van der Waals surface area contributed by atoms with E-state index in [0.29, 0.717) is 11.4 Å². The van der Waals surface area contributed by atoms with Crippen LogP contribution in [0.3, 0.4) is 0 Å². The van der Waals surface area contributed by atoms with Crippen molar-refractivity contribution >= 4 is 17.4 Å². The van der Waals surface area contributed by atoms with Crippen molar-refractivity contribution in [2.75, 3.05) is 25.0 Å². The summed E-state index contributed by atoms with van der Waals surface area (Å²) in [5, 5.41) is 11.0. The van der Waals surface area contributed by atoms with E-state index in [2.05, 4.69) is 41.1 Å². The van der Waals surface area contributed by atoms with Gasteiger partial charge in [0.25, 0.3) is 0 Å². The van der Waals surface area contributed by atoms with Gasteiger partial charge in [-0.25, -0.2) is 0 Å². The zero-order chi connectivity index (χ0) is 15.1. The Hall–Kier alpha value is -0.710. The van der Waals surface area contributed by atoms with Crippen LogP contribution in [0.15, 0.2) is 29.2 Å². The molecule has 4 heteroatoms. The molecule has 0 spiro atoms. The quantitative estimate of drug-likeness (QED) is 0.906. The van der Waals surface area contributed by atoms with E-state index in [1.165, 1.54) is 36.5 Å². The number of fused-ring (bicyclic) bond motifs is 1. The fourth-order valence-electron chi connectivity index (χ4n) is 4.34. The van der Waals surface area contributed by atoms with Crippen LogP contribution < -0.4 is 4.90 Å². The maximum atomic E-state index is 10.5. The Balaban J connectivity index is 1.63. The molecule has 1 aliphatic carbocycles. The van der Waals surface area contributed by atoms with Gasteiger partial charge in [0.2, 0.25) is 0 Å². The fourth-order valence-corrected chi connectivity index (χ4v) is 5.90. The van der Waals surface area contributed by atoms with E-state index in [4.69, 9.17) is 0 Å². The van der Waals surface area contributed by atoms with E-state index in [0.717, 1.165) is 25.2 Å². The lowest BCUT2D eigenvalue weighted by molar-refractivity contribution is 0.152. The molecule has 1 saturated heterocycles. The van der Waals surface area contributed by atoms with E-state index in [9.17, 15) is 5.11 Å². The topological polar surface area (TPSA) is 26.7 Å². The summed E-state index contributed by atoms with van der Waals surface area (Å²) in [7, 11) is 2.23. The van der Waals surface area contributed by atoms with Crippen LogP contribution in [-0.4, -0.2) is 47.7 Å². The molecule has 1 aromatic carbocycles. The van der Waals surface area contributed by atoms with Crippen molar-refractivity contribution in [1.82, 2.24) is 4.90 Å². The van der Waals surface area contributed by atoms with Crippen molar-refractivity contribution in [3.05, 3.63) is 24.3 Å². The summed E-state index contributed by atoms with van der Waals surface area (Å²) in [5.41, 5.74) is 1.36. The molecule has 2 fully saturated rings. The first-order valence-corrected chi connectivity index (χ1v) is 9.52. The molecule has 1 unspecified atom stereocenters. The minimum absolute atomic E-state index is 0.152. The number of nitrogens with zero attached hydrogens (tertiary/aromatic N) is 2. The number of para-hydroxylation sites is 1. The number of rotatable bonds is 2. The number of benzene rings is 1. The van der Waals surface area contributed by atoms with Crippen molar-refractivity contribution in [2.24, 2.45) is 5.92 Å². The van der Waals surface area contributed by atoms with E-state index in [1.54, 1.807) is 0 Å². The van der Waals surface area contributed by atoms with E-state index in [1.807, 2.05) is 11.8 Å². The first kappa shape index (κ1) is 14.9. The second-order valence-electron chi connectivity index (χ2n) is 7.09. The van der Waals surface area contributed by atoms with Gasteiger partial charge >= 0.3 is 0 Å². The van der Waals surface area contributed by atoms with Crippen LogP contribution in [-0.2, 0) is 0 Å². The molecule has 2 heterocycles. The largest absolute Gasteiger partial charge is 0.391 e. The highest BCUT2D eigenvalue weighted by Gasteiger charge is 2.43. The van der Waals surface area contributed by atoms with Gasteiger partial charge < -0.3 is 14.9 Å². The van der Waals surface area contributed by atoms with Crippen molar-refractivity contribution in [3.63, 3.8) is 0 Å². The first-order valence-electron chi connectivity index (χ1n) is 8.64. The number of likely N-dealkylation sites (tertiary alicyclic amines) is 1. The summed E-state index contributed by atoms with van der Waals surface area (Å²) in [4.78, 5) is 6.44. The lowest BCUT2D eigenvalue weighted by Crippen LogP contribution is -2.48. The normalized spacial score (nSPS) is 33.4. The molecule has 0 amide bonds. The number of aliphatic hydroxyl groups is 1. The third kappa shape index (κ3) is 2.55. The average Bonchev–Trinajstić information content (AvgIpc) is 3.11. The van der Waals surface area contributed by atoms with Crippen LogP contribution in [0.5, 0.6) is 0 Å². The second kappa shape index (κ2) is 6.06. The molecule has 0 bridgehead atoms. The summed E-state index contributed by atoms with van der Waals surface area (Å²) in [6.07, 6.45) is 5.67. The van der Waals surface area contributed by atoms with Gasteiger partial charge in [-0.15, -0.1) is 0 Å². The van der Waals surface area contributed by atoms with Crippen LogP contribution in [0.4, 0.5) is 5.69 Å². The molecule has 3 nitrogen and oxygen atoms in total. The van der Waals surface area contributed by atoms with Crippen LogP contribution in [0, 0.1) is 5.92 Å². The highest BCUT2D eigenvalue weighted by Crippen LogP contribution is 2.50. The van der Waals surface area contributed by atoms with E-state index < -0.39 is 0 Å². The van der Waals surface area contributed by atoms with Crippen molar-refractivity contribution in [3.8, 4) is 0 Å². The number of hydrogen-bond acceptors (Lipinski definition) is 4. The third-order valence-electron chi connectivity index (χ3n) is 5.63. The molecule has 120 valence electrons. The Morgan fingerprint density at radius 2 is 1.86 bits per heavy atom. The fraction of sp³-hybridized carbons (Fsp3) is 0.667. The molecule has 1 N–H and O–H groups in total. The molecule has 0 radical (unpaired) electrons. The first-order chi connectivity index (χ1) is 10.7. The van der Waals surface area contributed by atoms with Gasteiger partial charge in [0.15, 0.2) is 0 Å². The second-order valence-corrected chi connectivity index (χ2v) is 8.25. The van der Waals surface area contributed by atoms with E-state index in [-0.39, 0.29) is 6.10 Å². The van der Waals surface area contributed by atoms with Gasteiger partial charge in [-0.05, 0) is 70.3 Å². The highest BCUT2D eigenvalue weighted by atomic mass is 32.2. The minimum atomic E-state index is -0.152. The average molecular weight is 318 g/mol. The number of piperidine rings is 1. The van der Waals surface area contributed by atoms with Gasteiger partial charge in [-0.3, -0.25) is 0 Å². The van der Waals surface area contributed by atoms with Gasteiger partial charge in [0.05, 0.1) is 23.2 Å². The van der Waals surface area contributed by atoms with Gasteiger partial charge in [-0.2, -0.15) is 0 Å². The smallest absolute Gasteiger partial charge is 0.0831 e. The van der Waals surface area contributed by atoms with Crippen molar-refractivity contribution < 1.29 is 5.11 Å². The Kier molecular flexibility index (Phi) is 4.09. The molecule has 22 heavy (non-hydrogen) atoms. The zero-order valence-corrected chi connectivity index (χ0v) is 14.1. The predicted molar refractivity (Wildman–Crippen MR) is 92.4 cm³/mol. The molecule has 1 saturated carbocycles. The summed E-state index contributed by atoms with van der Waals surface area (Å²) in [6.45, 7) is 2.41. The summed E-state index contributed by atoms with van der Waals surface area (Å²) < 4.78 is 0. The SMILES string of the molecule is CN1CCC(C2Sc3ccccc3N2[C@@H]2CCC[C@H]2O)CC1. The Morgan fingerprint density at radius 3 is 2.59 bits per heavy atom. The van der Waals surface area contributed by atoms with Gasteiger partial charge in [-0.1, -0.05) is 23.9 Å². The predicted octanol–water partition coefficient (Wildman–Crippen LogP) is 3.18.